The Balaban J connectivity index is 1.50. The van der Waals surface area contributed by atoms with E-state index in [9.17, 15) is 0 Å². The second kappa shape index (κ2) is 7.19. The number of hydrogen-bond donors (Lipinski definition) is 2. The molecule has 0 aliphatic carbocycles. The fourth-order valence-corrected chi connectivity index (χ4v) is 3.25. The molecule has 0 bridgehead atoms. The molecule has 4 rings (SSSR count). The average Bonchev–Trinajstić information content (AvgIpc) is 3.11. The van der Waals surface area contributed by atoms with Crippen LogP contribution in [-0.2, 0) is 6.54 Å². The molecular formula is C20H23N7. The van der Waals surface area contributed by atoms with E-state index in [2.05, 4.69) is 63.3 Å². The summed E-state index contributed by atoms with van der Waals surface area (Å²) in [6.45, 7) is 4.78. The van der Waals surface area contributed by atoms with E-state index in [4.69, 9.17) is 10.7 Å². The van der Waals surface area contributed by atoms with E-state index < -0.39 is 0 Å². The van der Waals surface area contributed by atoms with Crippen molar-refractivity contribution in [2.24, 2.45) is 20.7 Å². The zero-order chi connectivity index (χ0) is 18.8. The van der Waals surface area contributed by atoms with Crippen molar-refractivity contribution in [3.8, 4) is 11.3 Å². The molecule has 2 unspecified atom stereocenters. The second-order valence-corrected chi connectivity index (χ2v) is 6.92. The maximum Gasteiger partial charge on any atom is 0.196 e. The van der Waals surface area contributed by atoms with Crippen molar-refractivity contribution < 1.29 is 0 Å². The van der Waals surface area contributed by atoms with Crippen molar-refractivity contribution >= 4 is 18.1 Å². The van der Waals surface area contributed by atoms with Gasteiger partial charge in [-0.15, -0.1) is 0 Å². The van der Waals surface area contributed by atoms with Crippen LogP contribution in [0.1, 0.15) is 19.4 Å². The Morgan fingerprint density at radius 1 is 1.19 bits per heavy atom. The van der Waals surface area contributed by atoms with Gasteiger partial charge in [0.25, 0.3) is 0 Å². The number of nitrogens with two attached hydrogens (primary N) is 1. The summed E-state index contributed by atoms with van der Waals surface area (Å²) in [4.78, 5) is 20.3. The molecule has 0 amide bonds. The quantitative estimate of drug-likeness (QED) is 0.871. The molecule has 27 heavy (non-hydrogen) atoms. The predicted octanol–water partition coefficient (Wildman–Crippen LogP) is 2.01. The number of guanidine groups is 1. The number of benzene rings is 1. The Labute approximate surface area is 158 Å². The Hall–Kier alpha value is -3.22. The van der Waals surface area contributed by atoms with Crippen LogP contribution in [-0.4, -0.2) is 46.3 Å². The first-order chi connectivity index (χ1) is 13.1. The van der Waals surface area contributed by atoms with Gasteiger partial charge in [0.2, 0.25) is 0 Å². The van der Waals surface area contributed by atoms with Crippen LogP contribution in [0.15, 0.2) is 63.6 Å². The van der Waals surface area contributed by atoms with Gasteiger partial charge in [-0.05, 0) is 31.5 Å². The Morgan fingerprint density at radius 3 is 2.70 bits per heavy atom. The Kier molecular flexibility index (Phi) is 4.58. The molecule has 3 heterocycles. The summed E-state index contributed by atoms with van der Waals surface area (Å²) in [5.74, 6) is 1.15. The van der Waals surface area contributed by atoms with Crippen molar-refractivity contribution in [3.05, 3.63) is 54.2 Å². The van der Waals surface area contributed by atoms with E-state index >= 15 is 0 Å². The fraction of sp³-hybridized carbons (Fsp3) is 0.300. The highest BCUT2D eigenvalue weighted by molar-refractivity contribution is 6.05. The number of fused-ring (bicyclic) bond motifs is 1. The summed E-state index contributed by atoms with van der Waals surface area (Å²) in [6.07, 6.45) is 3.53. The van der Waals surface area contributed by atoms with Gasteiger partial charge in [-0.1, -0.05) is 30.3 Å². The number of nitrogens with zero attached hydrogens (tertiary/aromatic N) is 5. The number of nitrogens with one attached hydrogen (secondary N) is 1. The fourth-order valence-electron chi connectivity index (χ4n) is 3.25. The minimum atomic E-state index is -0.132. The van der Waals surface area contributed by atoms with Crippen LogP contribution in [0.25, 0.3) is 11.3 Å². The van der Waals surface area contributed by atoms with Gasteiger partial charge in [-0.2, -0.15) is 0 Å². The number of rotatable bonds is 4. The minimum absolute atomic E-state index is 0.114. The molecule has 0 saturated heterocycles. The van der Waals surface area contributed by atoms with Gasteiger partial charge in [0.15, 0.2) is 12.1 Å². The van der Waals surface area contributed by atoms with E-state index in [0.29, 0.717) is 18.5 Å². The summed E-state index contributed by atoms with van der Waals surface area (Å²) in [7, 11) is 0. The highest BCUT2D eigenvalue weighted by Gasteiger charge is 2.38. The lowest BCUT2D eigenvalue weighted by atomic mass is 10.1. The normalized spacial score (nSPS) is 22.7. The van der Waals surface area contributed by atoms with Crippen LogP contribution < -0.4 is 11.1 Å². The molecule has 0 spiro atoms. The van der Waals surface area contributed by atoms with E-state index in [0.717, 1.165) is 22.7 Å². The van der Waals surface area contributed by atoms with Crippen LogP contribution in [0.2, 0.25) is 0 Å². The third kappa shape index (κ3) is 3.53. The third-order valence-corrected chi connectivity index (χ3v) is 4.70. The molecule has 2 atom stereocenters. The van der Waals surface area contributed by atoms with Crippen molar-refractivity contribution in [2.45, 2.75) is 38.6 Å². The van der Waals surface area contributed by atoms with E-state index in [1.54, 1.807) is 6.20 Å². The largest absolute Gasteiger partial charge is 0.370 e. The molecule has 2 aromatic rings. The van der Waals surface area contributed by atoms with E-state index in [-0.39, 0.29) is 12.2 Å². The molecule has 7 heteroatoms. The Bertz CT molecular complexity index is 884. The molecule has 1 aromatic carbocycles. The molecule has 0 radical (unpaired) electrons. The summed E-state index contributed by atoms with van der Waals surface area (Å²) in [5.41, 5.74) is 9.13. The van der Waals surface area contributed by atoms with Crippen LogP contribution in [0.3, 0.4) is 0 Å². The molecular weight excluding hydrogens is 338 g/mol. The van der Waals surface area contributed by atoms with Crippen LogP contribution in [0.4, 0.5) is 0 Å². The highest BCUT2D eigenvalue weighted by atomic mass is 15.4. The number of hydrogen-bond acceptors (Lipinski definition) is 6. The average molecular weight is 361 g/mol. The van der Waals surface area contributed by atoms with E-state index in [1.807, 2.05) is 24.5 Å². The van der Waals surface area contributed by atoms with Gasteiger partial charge in [-0.3, -0.25) is 15.0 Å². The standard InChI is InChI=1S/C20H23N7/c1-13(2)27-12-24-17-18(25-20(21)26-19(17)27)23-11-14-6-8-15(9-7-14)16-5-3-4-10-22-16/h3-10,12-13,17,19H,11H2,1-2H3,(H3,21,23,25,26). The van der Waals surface area contributed by atoms with Crippen molar-refractivity contribution in [2.75, 3.05) is 0 Å². The molecule has 2 aliphatic rings. The van der Waals surface area contributed by atoms with Gasteiger partial charge >= 0.3 is 0 Å². The number of pyridine rings is 1. The zero-order valence-electron chi connectivity index (χ0n) is 15.4. The lowest BCUT2D eigenvalue weighted by Crippen LogP contribution is -2.54. The van der Waals surface area contributed by atoms with E-state index in [1.165, 1.54) is 0 Å². The number of aromatic nitrogens is 1. The van der Waals surface area contributed by atoms with Crippen molar-refractivity contribution in [3.63, 3.8) is 0 Å². The zero-order valence-corrected chi connectivity index (χ0v) is 15.4. The molecule has 138 valence electrons. The maximum absolute atomic E-state index is 5.97. The first kappa shape index (κ1) is 17.2. The summed E-state index contributed by atoms with van der Waals surface area (Å²) < 4.78 is 0. The summed E-state index contributed by atoms with van der Waals surface area (Å²) >= 11 is 0. The lowest BCUT2D eigenvalue weighted by molar-refractivity contribution is 0.286. The first-order valence-corrected chi connectivity index (χ1v) is 9.07. The van der Waals surface area contributed by atoms with Gasteiger partial charge in [0.05, 0.1) is 18.6 Å². The van der Waals surface area contributed by atoms with Gasteiger partial charge in [0, 0.05) is 17.8 Å². The Morgan fingerprint density at radius 2 is 2.00 bits per heavy atom. The number of amidine groups is 1. The third-order valence-electron chi connectivity index (χ3n) is 4.70. The van der Waals surface area contributed by atoms with Gasteiger partial charge < -0.3 is 16.0 Å². The summed E-state index contributed by atoms with van der Waals surface area (Å²) in [5, 5.41) is 3.08. The highest BCUT2D eigenvalue weighted by Crippen LogP contribution is 2.22. The lowest BCUT2D eigenvalue weighted by Gasteiger charge is -2.31. The monoisotopic (exact) mass is 361 g/mol. The summed E-state index contributed by atoms with van der Waals surface area (Å²) in [6, 6.07) is 14.4. The smallest absolute Gasteiger partial charge is 0.196 e. The molecule has 7 nitrogen and oxygen atoms in total. The van der Waals surface area contributed by atoms with Crippen LogP contribution in [0.5, 0.6) is 0 Å². The van der Waals surface area contributed by atoms with Gasteiger partial charge in [-0.25, -0.2) is 4.99 Å². The minimum Gasteiger partial charge on any atom is -0.370 e. The maximum atomic E-state index is 5.97. The molecule has 1 aromatic heterocycles. The first-order valence-electron chi connectivity index (χ1n) is 9.07. The van der Waals surface area contributed by atoms with Crippen molar-refractivity contribution in [1.82, 2.24) is 15.2 Å². The predicted molar refractivity (Wildman–Crippen MR) is 109 cm³/mol. The van der Waals surface area contributed by atoms with Gasteiger partial charge in [0.1, 0.15) is 11.9 Å². The SMILES string of the molecule is CC(C)N1C=NC2C(=NCc3ccc(-c4ccccn4)cc3)NC(N)=NC21. The molecule has 3 N–H and O–H groups in total. The van der Waals surface area contributed by atoms with Crippen LogP contribution >= 0.6 is 0 Å². The van der Waals surface area contributed by atoms with Crippen LogP contribution in [0, 0.1) is 0 Å². The molecule has 0 saturated carbocycles. The van der Waals surface area contributed by atoms with Crippen molar-refractivity contribution in [1.29, 1.82) is 0 Å². The molecule has 2 aliphatic heterocycles. The second-order valence-electron chi connectivity index (χ2n) is 6.92. The topological polar surface area (TPSA) is 91.3 Å². The molecule has 0 fully saturated rings. The number of aliphatic imine (C=N–C) groups is 3.